The third-order valence-electron chi connectivity index (χ3n) is 7.30. The van der Waals surface area contributed by atoms with Crippen LogP contribution in [0, 0.1) is 52.0 Å². The number of nitrogens with zero attached hydrogens (tertiary/aromatic N) is 1. The molecule has 6 aliphatic rings. The van der Waals surface area contributed by atoms with Crippen LogP contribution in [0.1, 0.15) is 12.8 Å². The van der Waals surface area contributed by atoms with Crippen molar-refractivity contribution in [2.45, 2.75) is 20.7 Å². The molecule has 0 aromatic heterocycles. The minimum absolute atomic E-state index is 0.371. The zero-order valence-corrected chi connectivity index (χ0v) is 14.6. The van der Waals surface area contributed by atoms with Crippen LogP contribution in [0.25, 0.3) is 0 Å². The van der Waals surface area contributed by atoms with Crippen LogP contribution >= 0.6 is 45.2 Å². The molecule has 10 atom stereocenters. The highest BCUT2D eigenvalue weighted by Gasteiger charge is 2.87. The fourth-order valence-corrected chi connectivity index (χ4v) is 11.8. The highest BCUT2D eigenvalue weighted by molar-refractivity contribution is 14.1. The van der Waals surface area contributed by atoms with Gasteiger partial charge in [0.25, 0.3) is 0 Å². The summed E-state index contributed by atoms with van der Waals surface area (Å²) < 4.78 is 1.62. The largest absolute Gasteiger partial charge is 0.738 e. The summed E-state index contributed by atoms with van der Waals surface area (Å²) in [6, 6.07) is 0. The highest BCUT2D eigenvalue weighted by atomic mass is 127. The Morgan fingerprint density at radius 2 is 2.00 bits per heavy atom. The first-order valence-corrected chi connectivity index (χ1v) is 9.65. The molecule has 6 rings (SSSR count). The molecule has 0 heterocycles. The second-order valence-electron chi connectivity index (χ2n) is 7.13. The van der Waals surface area contributed by atoms with E-state index in [9.17, 15) is 5.21 Å². The average Bonchev–Trinajstić information content (AvgIpc) is 3.05. The van der Waals surface area contributed by atoms with Gasteiger partial charge in [0, 0.05) is 7.85 Å². The van der Waals surface area contributed by atoms with Gasteiger partial charge in [-0.2, -0.15) is 0 Å². The molecule has 0 aliphatic heterocycles. The number of hydrogen-bond donors (Lipinski definition) is 1. The molecule has 6 fully saturated rings. The van der Waals surface area contributed by atoms with Crippen molar-refractivity contribution in [2.75, 3.05) is 6.61 Å². The van der Waals surface area contributed by atoms with Crippen LogP contribution in [0.4, 0.5) is 0 Å². The molecule has 0 radical (unpaired) electrons. The summed E-state index contributed by atoms with van der Waals surface area (Å²) in [6.45, 7) is 0.374. The van der Waals surface area contributed by atoms with Gasteiger partial charge in [-0.3, -0.25) is 4.84 Å². The Morgan fingerprint density at radius 3 is 2.74 bits per heavy atom. The first-order valence-electron chi connectivity index (χ1n) is 7.16. The Labute approximate surface area is 139 Å². The fraction of sp³-hybridized carbons (Fsp3) is 1.00. The van der Waals surface area contributed by atoms with E-state index in [-0.39, 0.29) is 5.39 Å². The quantitative estimate of drug-likeness (QED) is 0.376. The molecule has 1 N–H and O–H groups in total. The zero-order chi connectivity index (χ0) is 13.1. The van der Waals surface area contributed by atoms with Crippen LogP contribution in [0.5, 0.6) is 0 Å². The maximum atomic E-state index is 10.5. The lowest BCUT2D eigenvalue weighted by atomic mass is 9.62. The summed E-state index contributed by atoms with van der Waals surface area (Å²) in [6.07, 6.45) is 2.44. The van der Waals surface area contributed by atoms with Crippen molar-refractivity contribution in [2.24, 2.45) is 46.8 Å². The lowest BCUT2D eigenvalue weighted by molar-refractivity contribution is -0.308. The second kappa shape index (κ2) is 3.79. The normalized spacial score (nSPS) is 66.5. The van der Waals surface area contributed by atoms with Crippen molar-refractivity contribution >= 4 is 45.2 Å². The standard InChI is InChI=1S/C13H16I2NO3/c14-11-8-4-3-5-7-6(4)10(11)13(9(5)8,12(7)15)1-2-19-16(17)18/h4-12,17H,1-3H2/q-1/t4-,5+,6-,7-,8+,9+,10-,11-,12+,13-/m0/s1. The number of hydrogen-bond acceptors (Lipinski definition) is 4. The van der Waals surface area contributed by atoms with E-state index in [1.54, 1.807) is 0 Å². The molecule has 0 saturated heterocycles. The van der Waals surface area contributed by atoms with Gasteiger partial charge in [0.2, 0.25) is 0 Å². The summed E-state index contributed by atoms with van der Waals surface area (Å²) in [5, 5.41) is 18.8. The minimum Gasteiger partial charge on any atom is -0.738 e. The molecule has 0 unspecified atom stereocenters. The Balaban J connectivity index is 1.51. The predicted octanol–water partition coefficient (Wildman–Crippen LogP) is 2.86. The number of halogens is 2. The summed E-state index contributed by atoms with van der Waals surface area (Å²) in [4.78, 5) is 4.78. The van der Waals surface area contributed by atoms with E-state index in [1.807, 2.05) is 0 Å². The van der Waals surface area contributed by atoms with Crippen LogP contribution < -0.4 is 0 Å². The fourth-order valence-electron chi connectivity index (χ4n) is 7.49. The van der Waals surface area contributed by atoms with E-state index in [4.69, 9.17) is 10.0 Å². The number of rotatable bonds is 4. The molecule has 6 saturated carbocycles. The SMILES string of the molecule is [O-]N(O)OCC[C@]12[C@@H]3[C@@H](I)[C@@H]4[C@H]5C[C@H]([C@@H]([C@H]53)[C@H]1I)[C@H]42. The first-order chi connectivity index (χ1) is 9.09. The van der Waals surface area contributed by atoms with Crippen LogP contribution in [0.15, 0.2) is 0 Å². The van der Waals surface area contributed by atoms with Gasteiger partial charge in [0.1, 0.15) is 0 Å². The summed E-state index contributed by atoms with van der Waals surface area (Å²) in [5.74, 6) is 6.62. The average molecular weight is 488 g/mol. The van der Waals surface area contributed by atoms with Crippen LogP contribution in [-0.2, 0) is 4.84 Å². The molecular formula is C13H16I2NO3-. The third kappa shape index (κ3) is 1.17. The zero-order valence-electron chi connectivity index (χ0n) is 10.3. The van der Waals surface area contributed by atoms with Crippen molar-refractivity contribution < 1.29 is 10.0 Å². The minimum atomic E-state index is -0.371. The maximum Gasteiger partial charge on any atom is 0.0706 e. The molecular weight excluding hydrogens is 472 g/mol. The van der Waals surface area contributed by atoms with E-state index in [1.165, 1.54) is 6.42 Å². The monoisotopic (exact) mass is 488 g/mol. The van der Waals surface area contributed by atoms with Gasteiger partial charge in [0.05, 0.1) is 6.61 Å². The van der Waals surface area contributed by atoms with Crippen molar-refractivity contribution in [1.29, 1.82) is 0 Å². The van der Waals surface area contributed by atoms with Crippen molar-refractivity contribution in [1.82, 2.24) is 5.39 Å². The van der Waals surface area contributed by atoms with Gasteiger partial charge in [-0.1, -0.05) is 45.2 Å². The Kier molecular flexibility index (Phi) is 2.55. The highest BCUT2D eigenvalue weighted by Crippen LogP contribution is 2.89. The van der Waals surface area contributed by atoms with E-state index < -0.39 is 0 Å². The Bertz CT molecular complexity index is 446. The molecule has 4 nitrogen and oxygen atoms in total. The lowest BCUT2D eigenvalue weighted by Crippen LogP contribution is -2.41. The number of alkyl halides is 2. The van der Waals surface area contributed by atoms with Gasteiger partial charge in [-0.25, -0.2) is 0 Å². The molecule has 0 amide bonds. The summed E-state index contributed by atoms with van der Waals surface area (Å²) in [7, 11) is 0. The van der Waals surface area contributed by atoms with E-state index in [2.05, 4.69) is 45.2 Å². The van der Waals surface area contributed by atoms with E-state index in [0.717, 1.165) is 55.7 Å². The van der Waals surface area contributed by atoms with Gasteiger partial charge < -0.3 is 10.4 Å². The molecule has 0 aromatic rings. The van der Waals surface area contributed by atoms with E-state index in [0.29, 0.717) is 12.0 Å². The topological polar surface area (TPSA) is 55.8 Å². The van der Waals surface area contributed by atoms with Crippen molar-refractivity contribution in [3.05, 3.63) is 5.21 Å². The summed E-state index contributed by atoms with van der Waals surface area (Å²) >= 11 is 5.43. The first kappa shape index (κ1) is 12.8. The Hall–Kier alpha value is 1.30. The molecule has 6 aliphatic carbocycles. The maximum absolute atomic E-state index is 10.5. The molecule has 0 spiro atoms. The Morgan fingerprint density at radius 1 is 1.21 bits per heavy atom. The van der Waals surface area contributed by atoms with Crippen molar-refractivity contribution in [3.63, 3.8) is 0 Å². The van der Waals surface area contributed by atoms with E-state index >= 15 is 0 Å². The van der Waals surface area contributed by atoms with Gasteiger partial charge in [0.15, 0.2) is 0 Å². The smallest absolute Gasteiger partial charge is 0.0706 e. The van der Waals surface area contributed by atoms with Crippen molar-refractivity contribution in [3.8, 4) is 0 Å². The molecule has 106 valence electrons. The third-order valence-corrected chi connectivity index (χ3v) is 10.9. The lowest BCUT2D eigenvalue weighted by Gasteiger charge is -2.43. The molecule has 6 heteroatoms. The molecule has 19 heavy (non-hydrogen) atoms. The van der Waals surface area contributed by atoms with Crippen LogP contribution in [-0.4, -0.2) is 25.1 Å². The molecule has 0 aromatic carbocycles. The van der Waals surface area contributed by atoms with Gasteiger partial charge in [-0.15, -0.1) is 5.39 Å². The van der Waals surface area contributed by atoms with Gasteiger partial charge >= 0.3 is 0 Å². The van der Waals surface area contributed by atoms with Crippen LogP contribution in [0.2, 0.25) is 0 Å². The molecule has 6 bridgehead atoms. The predicted molar refractivity (Wildman–Crippen MR) is 84.7 cm³/mol. The van der Waals surface area contributed by atoms with Gasteiger partial charge in [-0.05, 0) is 59.7 Å². The second-order valence-corrected chi connectivity index (χ2v) is 9.91. The van der Waals surface area contributed by atoms with Crippen LogP contribution in [0.3, 0.4) is 0 Å². The summed E-state index contributed by atoms with van der Waals surface area (Å²) in [5.41, 5.74) is 0.417.